The number of aromatic hydroxyl groups is 1. The highest BCUT2D eigenvalue weighted by molar-refractivity contribution is 9.11. The monoisotopic (exact) mass is 308 g/mol. The molecule has 0 aliphatic rings. The molecule has 0 amide bonds. The Labute approximate surface area is 93.6 Å². The Morgan fingerprint density at radius 2 is 2.08 bits per heavy atom. The minimum Gasteiger partial charge on any atom is -0.506 e. The van der Waals surface area contributed by atoms with Crippen LogP contribution in [-0.2, 0) is 0 Å². The molecule has 0 bridgehead atoms. The molecular formula is C8H10Br2N2O. The normalized spacial score (nSPS) is 12.9. The fraction of sp³-hybridized carbons (Fsp3) is 0.250. The van der Waals surface area contributed by atoms with E-state index >= 15 is 0 Å². The highest BCUT2D eigenvalue weighted by Crippen LogP contribution is 2.34. The lowest BCUT2D eigenvalue weighted by Crippen LogP contribution is -2.25. The van der Waals surface area contributed by atoms with Crippen LogP contribution in [0.1, 0.15) is 18.5 Å². The topological polar surface area (TPSA) is 58.3 Å². The van der Waals surface area contributed by atoms with E-state index in [0.29, 0.717) is 4.47 Å². The van der Waals surface area contributed by atoms with Crippen LogP contribution in [0.25, 0.3) is 0 Å². The van der Waals surface area contributed by atoms with E-state index in [1.807, 2.05) is 13.0 Å². The Morgan fingerprint density at radius 1 is 1.46 bits per heavy atom. The summed E-state index contributed by atoms with van der Waals surface area (Å²) in [6.07, 6.45) is 0. The van der Waals surface area contributed by atoms with Crippen molar-refractivity contribution in [3.8, 4) is 5.75 Å². The number of rotatable bonds is 2. The van der Waals surface area contributed by atoms with Crippen LogP contribution in [0.4, 0.5) is 0 Å². The molecule has 1 rings (SSSR count). The summed E-state index contributed by atoms with van der Waals surface area (Å²) in [5, 5.41) is 9.66. The number of benzene rings is 1. The standard InChI is InChI=1S/C8H10Br2N2O/c1-4(12-11)6-2-5(9)3-7(10)8(6)13/h2-4,12-13H,11H2,1H3. The summed E-state index contributed by atoms with van der Waals surface area (Å²) in [4.78, 5) is 0. The Bertz CT molecular complexity index is 317. The molecule has 0 heterocycles. The molecule has 0 aromatic heterocycles. The van der Waals surface area contributed by atoms with E-state index in [9.17, 15) is 5.11 Å². The first-order chi connectivity index (χ1) is 6.06. The number of phenols is 1. The molecule has 0 saturated carbocycles. The molecule has 3 nitrogen and oxygen atoms in total. The minimum absolute atomic E-state index is 0.0891. The van der Waals surface area contributed by atoms with Gasteiger partial charge in [0.1, 0.15) is 5.75 Å². The third-order valence-electron chi connectivity index (χ3n) is 1.77. The van der Waals surface area contributed by atoms with Crippen LogP contribution in [0.5, 0.6) is 5.75 Å². The lowest BCUT2D eigenvalue weighted by molar-refractivity contribution is 0.451. The zero-order valence-corrected chi connectivity index (χ0v) is 10.2. The van der Waals surface area contributed by atoms with Gasteiger partial charge in [-0.1, -0.05) is 15.9 Å². The van der Waals surface area contributed by atoms with Crippen molar-refractivity contribution in [2.75, 3.05) is 0 Å². The Balaban J connectivity index is 3.20. The van der Waals surface area contributed by atoms with Gasteiger partial charge in [0.25, 0.3) is 0 Å². The van der Waals surface area contributed by atoms with E-state index < -0.39 is 0 Å². The van der Waals surface area contributed by atoms with Crippen LogP contribution < -0.4 is 11.3 Å². The number of nitrogens with one attached hydrogen (secondary N) is 1. The fourth-order valence-corrected chi connectivity index (χ4v) is 2.26. The van der Waals surface area contributed by atoms with Crippen LogP contribution in [0.15, 0.2) is 21.1 Å². The average molecular weight is 310 g/mol. The van der Waals surface area contributed by atoms with Crippen LogP contribution in [-0.4, -0.2) is 5.11 Å². The minimum atomic E-state index is -0.0891. The smallest absolute Gasteiger partial charge is 0.134 e. The summed E-state index contributed by atoms with van der Waals surface area (Å²) in [6.45, 7) is 1.87. The van der Waals surface area contributed by atoms with Crippen molar-refractivity contribution >= 4 is 31.9 Å². The lowest BCUT2D eigenvalue weighted by Gasteiger charge is -2.13. The average Bonchev–Trinajstić information content (AvgIpc) is 2.10. The molecule has 0 fully saturated rings. The van der Waals surface area contributed by atoms with Gasteiger partial charge in [-0.25, -0.2) is 0 Å². The van der Waals surface area contributed by atoms with E-state index in [-0.39, 0.29) is 11.8 Å². The van der Waals surface area contributed by atoms with Gasteiger partial charge in [0, 0.05) is 16.1 Å². The molecule has 0 aliphatic heterocycles. The maximum absolute atomic E-state index is 9.66. The highest BCUT2D eigenvalue weighted by Gasteiger charge is 2.12. The van der Waals surface area contributed by atoms with E-state index in [2.05, 4.69) is 37.3 Å². The largest absolute Gasteiger partial charge is 0.506 e. The van der Waals surface area contributed by atoms with Crippen molar-refractivity contribution in [3.63, 3.8) is 0 Å². The summed E-state index contributed by atoms with van der Waals surface area (Å²) >= 11 is 6.58. The first-order valence-electron chi connectivity index (χ1n) is 3.70. The van der Waals surface area contributed by atoms with Gasteiger partial charge in [-0.2, -0.15) is 0 Å². The number of nitrogens with two attached hydrogens (primary N) is 1. The van der Waals surface area contributed by atoms with Crippen molar-refractivity contribution in [2.24, 2.45) is 5.84 Å². The van der Waals surface area contributed by atoms with E-state index in [1.54, 1.807) is 6.07 Å². The third-order valence-corrected chi connectivity index (χ3v) is 2.84. The van der Waals surface area contributed by atoms with Crippen molar-refractivity contribution in [1.29, 1.82) is 0 Å². The molecule has 1 unspecified atom stereocenters. The third kappa shape index (κ3) is 2.43. The van der Waals surface area contributed by atoms with E-state index in [0.717, 1.165) is 10.0 Å². The van der Waals surface area contributed by atoms with Gasteiger partial charge >= 0.3 is 0 Å². The quantitative estimate of drug-likeness (QED) is 0.581. The Kier molecular flexibility index (Phi) is 3.73. The molecule has 0 radical (unpaired) electrons. The molecule has 1 aromatic rings. The van der Waals surface area contributed by atoms with Gasteiger partial charge in [-0.3, -0.25) is 11.3 Å². The summed E-state index contributed by atoms with van der Waals surface area (Å²) in [5.74, 6) is 5.50. The molecule has 13 heavy (non-hydrogen) atoms. The second-order valence-corrected chi connectivity index (χ2v) is 4.48. The van der Waals surface area contributed by atoms with Crippen LogP contribution in [0.2, 0.25) is 0 Å². The van der Waals surface area contributed by atoms with Gasteiger partial charge in [0.15, 0.2) is 0 Å². The second-order valence-electron chi connectivity index (χ2n) is 2.71. The molecule has 1 aromatic carbocycles. The Morgan fingerprint density at radius 3 is 2.62 bits per heavy atom. The van der Waals surface area contributed by atoms with Gasteiger partial charge in [0.05, 0.1) is 4.47 Å². The number of hydrogen-bond donors (Lipinski definition) is 3. The highest BCUT2D eigenvalue weighted by atomic mass is 79.9. The van der Waals surface area contributed by atoms with Gasteiger partial charge in [0.2, 0.25) is 0 Å². The van der Waals surface area contributed by atoms with Crippen molar-refractivity contribution in [2.45, 2.75) is 13.0 Å². The van der Waals surface area contributed by atoms with E-state index in [1.165, 1.54) is 0 Å². The molecule has 0 spiro atoms. The molecule has 0 aliphatic carbocycles. The first-order valence-corrected chi connectivity index (χ1v) is 5.29. The van der Waals surface area contributed by atoms with Gasteiger partial charge in [-0.15, -0.1) is 0 Å². The Hall–Kier alpha value is -0.100. The zero-order valence-electron chi connectivity index (χ0n) is 7.01. The number of halogens is 2. The maximum Gasteiger partial charge on any atom is 0.134 e. The maximum atomic E-state index is 9.66. The predicted octanol–water partition coefficient (Wildman–Crippen LogP) is 2.44. The molecule has 5 heteroatoms. The first kappa shape index (κ1) is 11.0. The van der Waals surface area contributed by atoms with Crippen molar-refractivity contribution < 1.29 is 5.11 Å². The van der Waals surface area contributed by atoms with Gasteiger partial charge in [-0.05, 0) is 35.0 Å². The molecule has 0 saturated heterocycles. The number of hydrazine groups is 1. The molecule has 1 atom stereocenters. The van der Waals surface area contributed by atoms with Crippen LogP contribution in [0, 0.1) is 0 Å². The number of phenolic OH excluding ortho intramolecular Hbond substituents is 1. The molecular weight excluding hydrogens is 300 g/mol. The summed E-state index contributed by atoms with van der Waals surface area (Å²) in [5.41, 5.74) is 3.33. The zero-order chi connectivity index (χ0) is 10.0. The fourth-order valence-electron chi connectivity index (χ4n) is 1.01. The van der Waals surface area contributed by atoms with Gasteiger partial charge < -0.3 is 5.11 Å². The summed E-state index contributed by atoms with van der Waals surface area (Å²) in [6, 6.07) is 3.51. The lowest BCUT2D eigenvalue weighted by atomic mass is 10.1. The summed E-state index contributed by atoms with van der Waals surface area (Å²) in [7, 11) is 0. The predicted molar refractivity (Wildman–Crippen MR) is 59.2 cm³/mol. The molecule has 72 valence electrons. The SMILES string of the molecule is CC(NN)c1cc(Br)cc(Br)c1O. The summed E-state index contributed by atoms with van der Waals surface area (Å²) < 4.78 is 1.55. The van der Waals surface area contributed by atoms with Crippen molar-refractivity contribution in [3.05, 3.63) is 26.6 Å². The van der Waals surface area contributed by atoms with Crippen LogP contribution >= 0.6 is 31.9 Å². The molecule has 4 N–H and O–H groups in total. The van der Waals surface area contributed by atoms with E-state index in [4.69, 9.17) is 5.84 Å². The van der Waals surface area contributed by atoms with Crippen LogP contribution in [0.3, 0.4) is 0 Å². The van der Waals surface area contributed by atoms with Crippen molar-refractivity contribution in [1.82, 2.24) is 5.43 Å². The second kappa shape index (κ2) is 4.41. The number of hydrogen-bond acceptors (Lipinski definition) is 3.